The van der Waals surface area contributed by atoms with E-state index in [1.165, 1.54) is 26.2 Å². The lowest BCUT2D eigenvalue weighted by Gasteiger charge is -2.50. The molecule has 19 nitrogen and oxygen atoms in total. The van der Waals surface area contributed by atoms with Gasteiger partial charge in [0.05, 0.1) is 23.4 Å². The average molecular weight is 738 g/mol. The summed E-state index contributed by atoms with van der Waals surface area (Å²) in [5.41, 5.74) is 9.73. The monoisotopic (exact) mass is 737 g/mol. The van der Waals surface area contributed by atoms with Crippen molar-refractivity contribution in [2.24, 2.45) is 17.9 Å². The van der Waals surface area contributed by atoms with Gasteiger partial charge in [-0.25, -0.2) is 9.78 Å². The van der Waals surface area contributed by atoms with Gasteiger partial charge in [0.15, 0.2) is 24.0 Å². The number of hydrogen-bond donors (Lipinski definition) is 6. The van der Waals surface area contributed by atoms with E-state index in [1.54, 1.807) is 6.07 Å². The van der Waals surface area contributed by atoms with Crippen molar-refractivity contribution in [1.82, 2.24) is 20.0 Å². The van der Waals surface area contributed by atoms with Crippen LogP contribution in [0.3, 0.4) is 0 Å². The van der Waals surface area contributed by atoms with E-state index in [-0.39, 0.29) is 23.8 Å². The Labute approximate surface area is 289 Å². The molecule has 1 saturated heterocycles. The lowest BCUT2D eigenvalue weighted by molar-refractivity contribution is -0.754. The van der Waals surface area contributed by atoms with Crippen molar-refractivity contribution in [2.75, 3.05) is 12.3 Å². The minimum Gasteiger partial charge on any atom is -0.485 e. The van der Waals surface area contributed by atoms with Crippen molar-refractivity contribution in [3.05, 3.63) is 47.2 Å². The minimum absolute atomic E-state index is 0.0549. The van der Waals surface area contributed by atoms with Gasteiger partial charge in [-0.1, -0.05) is 11.2 Å². The third-order valence-corrected chi connectivity index (χ3v) is 9.51. The number of carboxylic acids is 1. The second-order valence-corrected chi connectivity index (χ2v) is 14.4. The number of thiazole rings is 1. The standard InChI is InChI=1S/C29H36N8O11S2/c1-28(2)23(25(40)37(28)48-50(43,44)45)33-24(39)22(19-14-49-27(31)32-19)34-47-29(3,26(41)42)21-8-6-16-9-15(5-7-20(16)46-21)17-11-35(4)36(12-17)13-18(38)10-30/h5,7,9,11-12,14,18,21,23,38H,6,8,10,13,30H2,1-4H3,(H4-,31,32,33,39,41,42,43,44,45)/p+1/b34-22-. The molecule has 4 heterocycles. The number of aryl methyl sites for hydroxylation is 2. The number of β-lactam (4-membered cyclic amide) rings is 1. The van der Waals surface area contributed by atoms with Crippen LogP contribution in [0.4, 0.5) is 5.13 Å². The summed E-state index contributed by atoms with van der Waals surface area (Å²) in [7, 11) is -3.19. The van der Waals surface area contributed by atoms with E-state index in [1.807, 2.05) is 40.9 Å². The number of hydrogen-bond acceptors (Lipinski definition) is 14. The number of nitrogens with one attached hydrogen (secondary N) is 1. The Bertz CT molecular complexity index is 1960. The quantitative estimate of drug-likeness (QED) is 0.0410. The Morgan fingerprint density at radius 3 is 2.66 bits per heavy atom. The topological polar surface area (TPSA) is 275 Å². The summed E-state index contributed by atoms with van der Waals surface area (Å²) in [6.45, 7) is 4.42. The molecule has 1 fully saturated rings. The van der Waals surface area contributed by atoms with Crippen LogP contribution in [-0.4, -0.2) is 97.3 Å². The van der Waals surface area contributed by atoms with Gasteiger partial charge in [-0.05, 0) is 56.9 Å². The van der Waals surface area contributed by atoms with Gasteiger partial charge in [-0.2, -0.15) is 18.2 Å². The number of aliphatic hydroxyl groups excluding tert-OH is 1. The fraction of sp³-hybridized carbons (Fsp3) is 0.448. The molecule has 2 aliphatic heterocycles. The molecule has 0 aliphatic carbocycles. The first-order valence-electron chi connectivity index (χ1n) is 15.1. The van der Waals surface area contributed by atoms with Crippen LogP contribution < -0.4 is 26.2 Å². The van der Waals surface area contributed by atoms with Gasteiger partial charge in [-0.15, -0.1) is 20.3 Å². The van der Waals surface area contributed by atoms with E-state index < -0.39 is 63.3 Å². The predicted octanol–water partition coefficient (Wildman–Crippen LogP) is -0.864. The number of aromatic nitrogens is 3. The maximum atomic E-state index is 13.5. The van der Waals surface area contributed by atoms with Crippen molar-refractivity contribution in [3.63, 3.8) is 0 Å². The lowest BCUT2D eigenvalue weighted by Crippen LogP contribution is -2.76. The van der Waals surface area contributed by atoms with E-state index in [4.69, 9.17) is 25.6 Å². The smallest absolute Gasteiger partial charge is 0.418 e. The predicted molar refractivity (Wildman–Crippen MR) is 175 cm³/mol. The van der Waals surface area contributed by atoms with Crippen molar-refractivity contribution < 1.29 is 56.1 Å². The molecule has 1 aromatic carbocycles. The van der Waals surface area contributed by atoms with Crippen LogP contribution in [0.2, 0.25) is 0 Å². The van der Waals surface area contributed by atoms with Crippen molar-refractivity contribution >= 4 is 50.4 Å². The molecular formula is C29H37N8O11S2+. The summed E-state index contributed by atoms with van der Waals surface area (Å²) in [6, 6.07) is 4.13. The van der Waals surface area contributed by atoms with Crippen molar-refractivity contribution in [2.45, 2.75) is 69.5 Å². The molecule has 4 unspecified atom stereocenters. The van der Waals surface area contributed by atoms with Crippen molar-refractivity contribution in [3.8, 4) is 16.9 Å². The number of amides is 2. The zero-order chi connectivity index (χ0) is 36.8. The normalized spacial score (nSPS) is 20.6. The molecule has 21 heteroatoms. The van der Waals surface area contributed by atoms with E-state index >= 15 is 0 Å². The highest BCUT2D eigenvalue weighted by Crippen LogP contribution is 2.37. The molecule has 270 valence electrons. The van der Waals surface area contributed by atoms with Gasteiger partial charge in [0.25, 0.3) is 17.4 Å². The highest BCUT2D eigenvalue weighted by atomic mass is 32.3. The minimum atomic E-state index is -5.03. The lowest BCUT2D eigenvalue weighted by atomic mass is 9.84. The van der Waals surface area contributed by atoms with Crippen molar-refractivity contribution in [1.29, 1.82) is 0 Å². The summed E-state index contributed by atoms with van der Waals surface area (Å²) < 4.78 is 45.5. The first-order chi connectivity index (χ1) is 23.3. The maximum Gasteiger partial charge on any atom is 0.418 e. The molecule has 4 atom stereocenters. The fourth-order valence-corrected chi connectivity index (χ4v) is 6.54. The molecule has 5 rings (SSSR count). The van der Waals surface area contributed by atoms with E-state index in [2.05, 4.69) is 19.7 Å². The number of nitrogens with zero attached hydrogens (tertiary/aromatic N) is 5. The Morgan fingerprint density at radius 1 is 1.34 bits per heavy atom. The number of nitrogens with two attached hydrogens (primary N) is 2. The molecule has 0 bridgehead atoms. The van der Waals surface area contributed by atoms with E-state index in [0.29, 0.717) is 23.8 Å². The third kappa shape index (κ3) is 7.27. The number of oxime groups is 1. The highest BCUT2D eigenvalue weighted by molar-refractivity contribution is 7.80. The number of nitrogen functional groups attached to an aromatic ring is 1. The van der Waals surface area contributed by atoms with Crippen LogP contribution in [0.25, 0.3) is 11.1 Å². The number of carbonyl (C=O) groups excluding carboxylic acids is 2. The van der Waals surface area contributed by atoms with Crippen LogP contribution in [0, 0.1) is 0 Å². The first-order valence-corrected chi connectivity index (χ1v) is 17.4. The number of rotatable bonds is 13. The second kappa shape index (κ2) is 13.6. The SMILES string of the molecule is C[n+]1cc(-c2ccc3c(c2)CCC(C(C)(O/N=C(\C(=O)NC2C(=O)N(OS(=O)(=O)O)C2(C)C)c2csc(N)n2)C(=O)O)O3)cn1CC(O)CN. The molecule has 3 aromatic rings. The number of ether oxygens (including phenoxy) is 1. The largest absolute Gasteiger partial charge is 0.485 e. The van der Waals surface area contributed by atoms with Crippen LogP contribution in [0.15, 0.2) is 41.1 Å². The van der Waals surface area contributed by atoms with Crippen LogP contribution in [0.5, 0.6) is 5.75 Å². The number of aliphatic carboxylic acids is 1. The summed E-state index contributed by atoms with van der Waals surface area (Å²) in [4.78, 5) is 48.4. The summed E-state index contributed by atoms with van der Waals surface area (Å²) in [5, 5.41) is 28.4. The molecule has 0 radical (unpaired) electrons. The second-order valence-electron chi connectivity index (χ2n) is 12.5. The third-order valence-electron chi connectivity index (χ3n) is 8.49. The number of aliphatic hydroxyl groups is 1. The van der Waals surface area contributed by atoms with Gasteiger partial charge in [0.1, 0.15) is 24.0 Å². The summed E-state index contributed by atoms with van der Waals surface area (Å²) in [6.07, 6.45) is 2.64. The molecule has 2 aliphatic rings. The molecule has 0 saturated carbocycles. The molecule has 0 spiro atoms. The van der Waals surface area contributed by atoms with Gasteiger partial charge in [0.2, 0.25) is 6.20 Å². The number of hydroxylamine groups is 2. The fourth-order valence-electron chi connectivity index (χ4n) is 5.53. The van der Waals surface area contributed by atoms with E-state index in [0.717, 1.165) is 28.0 Å². The maximum absolute atomic E-state index is 13.5. The molecule has 2 amide bonds. The van der Waals surface area contributed by atoms with E-state index in [9.17, 15) is 33.0 Å². The first kappa shape index (κ1) is 36.6. The zero-order valence-electron chi connectivity index (χ0n) is 27.3. The van der Waals surface area contributed by atoms with Gasteiger partial charge >= 0.3 is 16.4 Å². The Balaban J connectivity index is 1.36. The van der Waals surface area contributed by atoms with Crippen LogP contribution >= 0.6 is 11.3 Å². The van der Waals surface area contributed by atoms with Gasteiger partial charge in [-0.3, -0.25) is 14.1 Å². The highest BCUT2D eigenvalue weighted by Gasteiger charge is 2.58. The number of carbonyl (C=O) groups is 3. The summed E-state index contributed by atoms with van der Waals surface area (Å²) in [5.74, 6) is -3.03. The number of carboxylic acid groups (broad SMARTS) is 1. The molecule has 2 aromatic heterocycles. The number of anilines is 1. The zero-order valence-corrected chi connectivity index (χ0v) is 29.0. The molecule has 50 heavy (non-hydrogen) atoms. The Hall–Kier alpha value is -4.67. The van der Waals surface area contributed by atoms with Crippen LogP contribution in [0.1, 0.15) is 38.4 Å². The number of fused-ring (bicyclic) bond motifs is 1. The van der Waals surface area contributed by atoms with Gasteiger partial charge < -0.3 is 36.6 Å². The number of benzene rings is 1. The molecule has 8 N–H and O–H groups in total. The summed E-state index contributed by atoms with van der Waals surface area (Å²) >= 11 is 0.962. The average Bonchev–Trinajstić information content (AvgIpc) is 3.65. The molecular weight excluding hydrogens is 700 g/mol. The Kier molecular flexibility index (Phi) is 9.93. The van der Waals surface area contributed by atoms with Gasteiger partial charge in [0, 0.05) is 11.9 Å². The Morgan fingerprint density at radius 2 is 2.06 bits per heavy atom. The van der Waals surface area contributed by atoms with Crippen LogP contribution in [-0.2, 0) is 53.9 Å².